The van der Waals surface area contributed by atoms with E-state index in [2.05, 4.69) is 19.9 Å². The number of aryl methyl sites for hydroxylation is 2. The molecule has 8 bridgehead atoms. The van der Waals surface area contributed by atoms with Gasteiger partial charge in [0.1, 0.15) is 50.8 Å². The predicted octanol–water partition coefficient (Wildman–Crippen LogP) is 8.09. The molecule has 0 fully saturated rings. The fourth-order valence-electron chi connectivity index (χ4n) is 9.32. The summed E-state index contributed by atoms with van der Waals surface area (Å²) in [5.41, 5.74) is -19.0. The summed E-state index contributed by atoms with van der Waals surface area (Å²) in [5.74, 6) is -45.2. The van der Waals surface area contributed by atoms with Gasteiger partial charge >= 0.3 is 0 Å². The number of aliphatic hydroxyl groups is 8. The lowest BCUT2D eigenvalue weighted by Gasteiger charge is -2.16. The van der Waals surface area contributed by atoms with Crippen LogP contribution in [0.2, 0.25) is 0 Å². The maximum absolute atomic E-state index is 16.8. The number of aliphatic hydroxyl groups excluding tert-OH is 8. The van der Waals surface area contributed by atoms with Crippen LogP contribution in [0.4, 0.5) is 70.2 Å². The number of halogens is 16. The van der Waals surface area contributed by atoms with E-state index < -0.39 is 296 Å². The van der Waals surface area contributed by atoms with Crippen LogP contribution in [-0.2, 0) is 12.8 Å². The number of nitrogens with one attached hydrogen (secondary N) is 2. The van der Waals surface area contributed by atoms with Gasteiger partial charge in [-0.05, 0) is 49.3 Å². The van der Waals surface area contributed by atoms with Crippen molar-refractivity contribution >= 4 is 34.2 Å². The van der Waals surface area contributed by atoms with Crippen LogP contribution in [-0.4, -0.2) is 138 Å². The molecule has 0 saturated carbocycles. The molecule has 4 unspecified atom stereocenters. The summed E-state index contributed by atoms with van der Waals surface area (Å²) >= 11 is 0. The van der Waals surface area contributed by atoms with Crippen molar-refractivity contribution in [3.63, 3.8) is 0 Å². The quantitative estimate of drug-likeness (QED) is 0.0256. The molecule has 468 valence electrons. The van der Waals surface area contributed by atoms with Crippen LogP contribution in [0, 0.1) is 93.1 Å². The normalized spacial score (nSPS) is 13.7. The van der Waals surface area contributed by atoms with E-state index in [1.165, 1.54) is 0 Å². The molecule has 3 aromatic heterocycles. The molecule has 2 aliphatic rings. The minimum absolute atomic E-state index is 0.667. The summed E-state index contributed by atoms with van der Waals surface area (Å²) in [6.45, 7) is -9.15. The number of ether oxygens (including phenoxy) is 4. The molecule has 4 atom stereocenters. The lowest BCUT2D eigenvalue weighted by Crippen LogP contribution is -2.22. The summed E-state index contributed by atoms with van der Waals surface area (Å²) in [6, 6.07) is 2.85. The smallest absolute Gasteiger partial charge is 0.204 e. The van der Waals surface area contributed by atoms with Gasteiger partial charge in [-0.15, -0.1) is 0 Å². The van der Waals surface area contributed by atoms with Crippen LogP contribution in [0.25, 0.3) is 78.7 Å². The van der Waals surface area contributed by atoms with Crippen LogP contribution in [0.5, 0.6) is 23.0 Å². The number of fused-ring (bicyclic) bond motifs is 8. The van der Waals surface area contributed by atoms with Crippen molar-refractivity contribution < 1.29 is 130 Å². The average molecular weight is 1260 g/mol. The number of hydrogen-bond donors (Lipinski definition) is 10. The maximum atomic E-state index is 16.8. The van der Waals surface area contributed by atoms with E-state index in [1.54, 1.807) is 0 Å². The second kappa shape index (κ2) is 25.7. The number of benzene rings is 4. The van der Waals surface area contributed by atoms with Gasteiger partial charge in [-0.2, -0.15) is 35.1 Å². The van der Waals surface area contributed by atoms with Gasteiger partial charge in [0.05, 0.1) is 71.5 Å². The summed E-state index contributed by atoms with van der Waals surface area (Å²) in [6.07, 6.45) is -7.92. The molecule has 9 rings (SSSR count). The molecule has 0 aliphatic carbocycles. The lowest BCUT2D eigenvalue weighted by atomic mass is 9.98. The first-order valence-electron chi connectivity index (χ1n) is 25.4. The molecule has 4 aromatic carbocycles. The Bertz CT molecular complexity index is 3780. The third kappa shape index (κ3) is 11.4. The molecule has 88 heavy (non-hydrogen) atoms. The SMILES string of the molecule is OCC(O)COc1c(F)c(F)c(-c2c3nc(c(-c4c(F)c(F)c(OCC(O)CO)c(F)c4F)c4ccc([nH]4)c(-c4c(F)c(F)c(OCC(O)CO)c(F)c4F)c4nc(c(-c5c(F)c(F)c(OCC(O)CO)c(F)c5F)c5ccc2[nH]5)CC4)C=C3)c(F)c1F. The second-order valence-electron chi connectivity index (χ2n) is 19.2. The minimum atomic E-state index is -2.39. The van der Waals surface area contributed by atoms with Crippen molar-refractivity contribution in [2.45, 2.75) is 37.3 Å². The van der Waals surface area contributed by atoms with Gasteiger partial charge in [-0.25, -0.2) is 40.1 Å². The lowest BCUT2D eigenvalue weighted by molar-refractivity contribution is 0.0504. The van der Waals surface area contributed by atoms with Crippen molar-refractivity contribution in [2.24, 2.45) is 0 Å². The van der Waals surface area contributed by atoms with E-state index in [9.17, 15) is 40.9 Å². The molecule has 0 radical (unpaired) electrons. The van der Waals surface area contributed by atoms with Gasteiger partial charge in [0.25, 0.3) is 0 Å². The van der Waals surface area contributed by atoms with Crippen molar-refractivity contribution in [1.82, 2.24) is 19.9 Å². The van der Waals surface area contributed by atoms with E-state index >= 15 is 70.2 Å². The first-order valence-corrected chi connectivity index (χ1v) is 25.4. The van der Waals surface area contributed by atoms with Crippen LogP contribution in [0.1, 0.15) is 22.8 Å². The molecular weight excluding hydrogens is 1220 g/mol. The zero-order valence-electron chi connectivity index (χ0n) is 44.0. The number of rotatable bonds is 20. The van der Waals surface area contributed by atoms with Gasteiger partial charge in [0, 0.05) is 44.3 Å². The molecule has 5 heterocycles. The third-order valence-electron chi connectivity index (χ3n) is 13.5. The van der Waals surface area contributed by atoms with Crippen molar-refractivity contribution in [3.8, 4) is 67.5 Å². The first kappa shape index (κ1) is 64.0. The molecule has 16 nitrogen and oxygen atoms in total. The van der Waals surface area contributed by atoms with Crippen molar-refractivity contribution in [2.75, 3.05) is 52.9 Å². The predicted molar refractivity (Wildman–Crippen MR) is 273 cm³/mol. The van der Waals surface area contributed by atoms with Gasteiger partial charge in [-0.3, -0.25) is 4.98 Å². The molecule has 2 aliphatic heterocycles. The van der Waals surface area contributed by atoms with E-state index in [1.807, 2.05) is 0 Å². The minimum Gasteiger partial charge on any atom is -0.485 e. The summed E-state index contributed by atoms with van der Waals surface area (Å²) in [4.78, 5) is 13.2. The van der Waals surface area contributed by atoms with Gasteiger partial charge in [0.15, 0.2) is 69.5 Å². The molecular formula is C56H40F16N4O12. The zero-order valence-corrected chi connectivity index (χ0v) is 44.0. The molecule has 10 N–H and O–H groups in total. The topological polar surface area (TPSA) is 256 Å². The number of hydrogen-bond acceptors (Lipinski definition) is 14. The van der Waals surface area contributed by atoms with E-state index in [4.69, 9.17) is 18.9 Å². The Kier molecular flexibility index (Phi) is 18.7. The van der Waals surface area contributed by atoms with Gasteiger partial charge in [-0.1, -0.05) is 0 Å². The third-order valence-corrected chi connectivity index (χ3v) is 13.5. The highest BCUT2D eigenvalue weighted by Gasteiger charge is 2.37. The highest BCUT2D eigenvalue weighted by atomic mass is 19.2. The molecule has 32 heteroatoms. The Balaban J connectivity index is 1.50. The number of aromatic nitrogens is 4. The van der Waals surface area contributed by atoms with E-state index in [-0.39, 0.29) is 0 Å². The van der Waals surface area contributed by atoms with Crippen molar-refractivity contribution in [3.05, 3.63) is 140 Å². The Morgan fingerprint density at radius 3 is 0.761 bits per heavy atom. The largest absolute Gasteiger partial charge is 0.485 e. The fourth-order valence-corrected chi connectivity index (χ4v) is 9.32. The summed E-state index contributed by atoms with van der Waals surface area (Å²) in [7, 11) is 0. The van der Waals surface area contributed by atoms with Crippen LogP contribution < -0.4 is 18.9 Å². The molecule has 0 saturated heterocycles. The van der Waals surface area contributed by atoms with Crippen LogP contribution in [0.3, 0.4) is 0 Å². The second-order valence-corrected chi connectivity index (χ2v) is 19.2. The van der Waals surface area contributed by atoms with Crippen LogP contribution in [0.15, 0.2) is 24.3 Å². The number of nitrogens with zero attached hydrogens (tertiary/aromatic N) is 2. The molecule has 0 amide bonds. The Morgan fingerprint density at radius 2 is 0.534 bits per heavy atom. The Hall–Kier alpha value is -8.50. The van der Waals surface area contributed by atoms with Gasteiger partial charge < -0.3 is 69.8 Å². The van der Waals surface area contributed by atoms with E-state index in [0.29, 0.717) is 24.3 Å². The number of aromatic amines is 2. The number of H-pyrrole nitrogens is 2. The summed E-state index contributed by atoms with van der Waals surface area (Å²) in [5, 5.41) is 76.0. The zero-order chi connectivity index (χ0) is 64.1. The Labute approximate surface area is 481 Å². The maximum Gasteiger partial charge on any atom is 0.204 e. The van der Waals surface area contributed by atoms with Crippen LogP contribution >= 0.6 is 0 Å². The average Bonchev–Trinajstić information content (AvgIpc) is 1.68. The first-order chi connectivity index (χ1) is 41.8. The van der Waals surface area contributed by atoms with E-state index in [0.717, 1.165) is 12.1 Å². The highest BCUT2D eigenvalue weighted by Crippen LogP contribution is 2.47. The molecule has 7 aromatic rings. The monoisotopic (exact) mass is 1260 g/mol. The Morgan fingerprint density at radius 1 is 0.318 bits per heavy atom. The standard InChI is InChI=1S/C56H40F16N4O12/c57-37-33(38(58)46(66)53(45(37)65)85-13-17(81)9-77)29-21-1-2-22(73-21)30(34-39(59)47(67)54(48(68)40(34)60)86-14-18(82)10-78)24-5-6-26(75-24)32(36-43(63)51(71)56(52(72)44(36)64)88-16-20(84)12-80)28-8-7-27(76-28)31(25-4-3-23(29)74-25)35-41(61)49(69)55(50(70)42(35)62)87-15-19(83)11-79/h1-6,17-20,74-75,77-84H,7-16H2. The van der Waals surface area contributed by atoms with Crippen molar-refractivity contribution in [1.29, 1.82) is 0 Å². The fraction of sp³-hybridized carbons (Fsp3) is 0.250. The molecule has 0 spiro atoms. The summed E-state index contributed by atoms with van der Waals surface area (Å²) < 4.78 is 283. The highest BCUT2D eigenvalue weighted by molar-refractivity contribution is 5.98. The van der Waals surface area contributed by atoms with Gasteiger partial charge in [0.2, 0.25) is 46.5 Å².